The van der Waals surface area contributed by atoms with E-state index >= 15 is 0 Å². The lowest BCUT2D eigenvalue weighted by atomic mass is 10.1. The Morgan fingerprint density at radius 2 is 2.17 bits per heavy atom. The Bertz CT molecular complexity index is 301. The fourth-order valence-electron chi connectivity index (χ4n) is 0.960. The number of halogens is 3. The van der Waals surface area contributed by atoms with Gasteiger partial charge in [-0.1, -0.05) is 11.6 Å². The van der Waals surface area contributed by atoms with Gasteiger partial charge in [0.2, 0.25) is 0 Å². The van der Waals surface area contributed by atoms with E-state index in [4.69, 9.17) is 17.3 Å². The quantitative estimate of drug-likeness (QED) is 0.763. The maximum Gasteiger partial charge on any atom is 0.137 e. The van der Waals surface area contributed by atoms with Gasteiger partial charge in [0.05, 0.1) is 4.47 Å². The van der Waals surface area contributed by atoms with Crippen molar-refractivity contribution in [1.82, 2.24) is 0 Å². The molecule has 0 amide bonds. The van der Waals surface area contributed by atoms with E-state index in [9.17, 15) is 4.39 Å². The molecule has 0 heterocycles. The van der Waals surface area contributed by atoms with E-state index in [-0.39, 0.29) is 11.9 Å². The number of benzene rings is 1. The molecule has 0 unspecified atom stereocenters. The van der Waals surface area contributed by atoms with Crippen LogP contribution in [-0.4, -0.2) is 0 Å². The first-order chi connectivity index (χ1) is 5.54. The highest BCUT2D eigenvalue weighted by Gasteiger charge is 2.12. The Labute approximate surface area is 83.8 Å². The monoisotopic (exact) mass is 251 g/mol. The van der Waals surface area contributed by atoms with Crippen molar-refractivity contribution in [2.75, 3.05) is 0 Å². The SMILES string of the molecule is C[C@H](N)c1c(Cl)ccc(F)c1Br. The maximum atomic E-state index is 13.0. The third-order valence-electron chi connectivity index (χ3n) is 1.53. The van der Waals surface area contributed by atoms with Gasteiger partial charge in [0.15, 0.2) is 0 Å². The highest BCUT2D eigenvalue weighted by atomic mass is 79.9. The molecule has 0 spiro atoms. The Morgan fingerprint density at radius 1 is 1.58 bits per heavy atom. The van der Waals surface area contributed by atoms with Crippen LogP contribution in [0.25, 0.3) is 0 Å². The van der Waals surface area contributed by atoms with Crippen LogP contribution in [0.3, 0.4) is 0 Å². The van der Waals surface area contributed by atoms with Crippen LogP contribution in [0.4, 0.5) is 4.39 Å². The molecule has 66 valence electrons. The summed E-state index contributed by atoms with van der Waals surface area (Å²) in [6.45, 7) is 1.76. The summed E-state index contributed by atoms with van der Waals surface area (Å²) in [5.41, 5.74) is 6.21. The van der Waals surface area contributed by atoms with Gasteiger partial charge in [-0.2, -0.15) is 0 Å². The molecule has 1 aromatic carbocycles. The van der Waals surface area contributed by atoms with Gasteiger partial charge >= 0.3 is 0 Å². The Kier molecular flexibility index (Phi) is 3.09. The summed E-state index contributed by atoms with van der Waals surface area (Å²) in [6, 6.07) is 2.53. The highest BCUT2D eigenvalue weighted by Crippen LogP contribution is 2.31. The molecule has 0 aromatic heterocycles. The largest absolute Gasteiger partial charge is 0.324 e. The third-order valence-corrected chi connectivity index (χ3v) is 2.67. The van der Waals surface area contributed by atoms with Crippen LogP contribution in [0.5, 0.6) is 0 Å². The molecule has 0 fully saturated rings. The highest BCUT2D eigenvalue weighted by molar-refractivity contribution is 9.10. The van der Waals surface area contributed by atoms with Gasteiger partial charge in [0.1, 0.15) is 5.82 Å². The fraction of sp³-hybridized carbons (Fsp3) is 0.250. The first kappa shape index (κ1) is 9.96. The lowest BCUT2D eigenvalue weighted by molar-refractivity contribution is 0.614. The minimum absolute atomic E-state index is 0.275. The maximum absolute atomic E-state index is 13.0. The van der Waals surface area contributed by atoms with Crippen molar-refractivity contribution in [2.45, 2.75) is 13.0 Å². The second-order valence-corrected chi connectivity index (χ2v) is 3.75. The smallest absolute Gasteiger partial charge is 0.137 e. The van der Waals surface area contributed by atoms with Crippen LogP contribution in [0.15, 0.2) is 16.6 Å². The molecule has 0 bridgehead atoms. The van der Waals surface area contributed by atoms with Gasteiger partial charge in [-0.3, -0.25) is 0 Å². The van der Waals surface area contributed by atoms with E-state index < -0.39 is 0 Å². The molecular weight excluding hydrogens is 244 g/mol. The number of nitrogens with two attached hydrogens (primary N) is 1. The topological polar surface area (TPSA) is 26.0 Å². The predicted molar refractivity (Wildman–Crippen MR) is 51.7 cm³/mol. The Balaban J connectivity index is 3.33. The second-order valence-electron chi connectivity index (χ2n) is 2.55. The van der Waals surface area contributed by atoms with Crippen LogP contribution in [-0.2, 0) is 0 Å². The third kappa shape index (κ3) is 1.79. The first-order valence-electron chi connectivity index (χ1n) is 3.43. The molecule has 0 saturated carbocycles. The van der Waals surface area contributed by atoms with E-state index in [1.165, 1.54) is 12.1 Å². The summed E-state index contributed by atoms with van der Waals surface area (Å²) in [4.78, 5) is 0. The zero-order valence-corrected chi connectivity index (χ0v) is 8.79. The van der Waals surface area contributed by atoms with Crippen molar-refractivity contribution in [1.29, 1.82) is 0 Å². The summed E-state index contributed by atoms with van der Waals surface area (Å²) >= 11 is 8.91. The second kappa shape index (κ2) is 3.73. The molecule has 1 atom stereocenters. The summed E-state index contributed by atoms with van der Waals surface area (Å²) in [5, 5.41) is 0.485. The molecule has 1 aromatic rings. The Hall–Kier alpha value is -0.120. The van der Waals surface area contributed by atoms with Crippen LogP contribution >= 0.6 is 27.5 Å². The molecule has 0 saturated heterocycles. The first-order valence-corrected chi connectivity index (χ1v) is 4.60. The average Bonchev–Trinajstić information content (AvgIpc) is 1.97. The minimum atomic E-state index is -0.341. The molecule has 4 heteroatoms. The van der Waals surface area contributed by atoms with Gasteiger partial charge < -0.3 is 5.73 Å². The van der Waals surface area contributed by atoms with E-state index in [1.54, 1.807) is 6.92 Å². The normalized spacial score (nSPS) is 13.1. The molecule has 0 aliphatic heterocycles. The molecular formula is C8H8BrClFN. The molecule has 2 N–H and O–H groups in total. The summed E-state index contributed by atoms with van der Waals surface area (Å²) in [7, 11) is 0. The minimum Gasteiger partial charge on any atom is -0.324 e. The van der Waals surface area contributed by atoms with Crippen molar-refractivity contribution < 1.29 is 4.39 Å². The van der Waals surface area contributed by atoms with Gasteiger partial charge in [-0.25, -0.2) is 4.39 Å². The summed E-state index contributed by atoms with van der Waals surface area (Å²) < 4.78 is 13.3. The van der Waals surface area contributed by atoms with E-state index in [0.717, 1.165) is 0 Å². The number of hydrogen-bond acceptors (Lipinski definition) is 1. The van der Waals surface area contributed by atoms with E-state index in [2.05, 4.69) is 15.9 Å². The number of rotatable bonds is 1. The molecule has 0 aliphatic rings. The molecule has 1 nitrogen and oxygen atoms in total. The molecule has 1 rings (SSSR count). The Morgan fingerprint density at radius 3 is 2.58 bits per heavy atom. The van der Waals surface area contributed by atoms with Gasteiger partial charge in [0.25, 0.3) is 0 Å². The van der Waals surface area contributed by atoms with Gasteiger partial charge in [-0.05, 0) is 35.0 Å². The van der Waals surface area contributed by atoms with Crippen LogP contribution in [0.2, 0.25) is 5.02 Å². The van der Waals surface area contributed by atoms with E-state index in [1.807, 2.05) is 0 Å². The lowest BCUT2D eigenvalue weighted by Gasteiger charge is -2.10. The molecule has 0 aliphatic carbocycles. The number of hydrogen-bond donors (Lipinski definition) is 1. The molecule has 0 radical (unpaired) electrons. The standard InChI is InChI=1S/C8H8BrClFN/c1-4(12)7-5(10)2-3-6(11)8(7)9/h2-4H,12H2,1H3/t4-/m0/s1. The van der Waals surface area contributed by atoms with Crippen molar-refractivity contribution >= 4 is 27.5 Å². The average molecular weight is 253 g/mol. The van der Waals surface area contributed by atoms with Crippen LogP contribution < -0.4 is 5.73 Å². The predicted octanol–water partition coefficient (Wildman–Crippen LogP) is 3.26. The fourth-order valence-corrected chi connectivity index (χ4v) is 2.11. The van der Waals surface area contributed by atoms with E-state index in [0.29, 0.717) is 15.1 Å². The summed E-state index contributed by atoms with van der Waals surface area (Å²) in [5.74, 6) is -0.341. The van der Waals surface area contributed by atoms with Crippen molar-refractivity contribution in [3.05, 3.63) is 33.0 Å². The van der Waals surface area contributed by atoms with Crippen molar-refractivity contribution in [2.24, 2.45) is 5.73 Å². The summed E-state index contributed by atoms with van der Waals surface area (Å²) in [6.07, 6.45) is 0. The zero-order valence-electron chi connectivity index (χ0n) is 6.44. The molecule has 12 heavy (non-hydrogen) atoms. The van der Waals surface area contributed by atoms with Crippen LogP contribution in [0, 0.1) is 5.82 Å². The van der Waals surface area contributed by atoms with Gasteiger partial charge in [-0.15, -0.1) is 0 Å². The zero-order chi connectivity index (χ0) is 9.30. The lowest BCUT2D eigenvalue weighted by Crippen LogP contribution is -2.07. The van der Waals surface area contributed by atoms with Crippen molar-refractivity contribution in [3.63, 3.8) is 0 Å². The van der Waals surface area contributed by atoms with Crippen molar-refractivity contribution in [3.8, 4) is 0 Å². The van der Waals surface area contributed by atoms with Crippen LogP contribution in [0.1, 0.15) is 18.5 Å². The van der Waals surface area contributed by atoms with Gasteiger partial charge in [0, 0.05) is 16.6 Å².